The summed E-state index contributed by atoms with van der Waals surface area (Å²) in [7, 11) is 0. The van der Waals surface area contributed by atoms with Gasteiger partial charge in [-0.25, -0.2) is 4.39 Å². The highest BCUT2D eigenvalue weighted by atomic mass is 79.9. The fourth-order valence-electron chi connectivity index (χ4n) is 1.65. The van der Waals surface area contributed by atoms with Gasteiger partial charge in [0, 0.05) is 12.0 Å². The van der Waals surface area contributed by atoms with Crippen molar-refractivity contribution in [1.29, 1.82) is 0 Å². The van der Waals surface area contributed by atoms with Crippen LogP contribution in [-0.4, -0.2) is 5.11 Å². The molecule has 1 unspecified atom stereocenters. The number of benzene rings is 1. The summed E-state index contributed by atoms with van der Waals surface area (Å²) in [6.07, 6.45) is 1.33. The van der Waals surface area contributed by atoms with E-state index in [-0.39, 0.29) is 5.82 Å². The second-order valence-electron chi connectivity index (χ2n) is 3.96. The fraction of sp³-hybridized carbons (Fsp3) is 0.231. The molecule has 4 heteroatoms. The van der Waals surface area contributed by atoms with Crippen LogP contribution in [0, 0.1) is 12.7 Å². The van der Waals surface area contributed by atoms with Gasteiger partial charge in [-0.05, 0) is 46.6 Å². The van der Waals surface area contributed by atoms with E-state index in [2.05, 4.69) is 15.9 Å². The largest absolute Gasteiger partial charge is 0.469 e. The summed E-state index contributed by atoms with van der Waals surface area (Å²) in [5.41, 5.74) is 1.60. The predicted molar refractivity (Wildman–Crippen MR) is 66.2 cm³/mol. The van der Waals surface area contributed by atoms with Crippen LogP contribution in [0.4, 0.5) is 4.39 Å². The standard InChI is InChI=1S/C13H12BrFO2/c1-8-4-10(7-17-8)13(16)6-9-2-3-12(15)11(14)5-9/h2-5,7,13,16H,6H2,1H3. The lowest BCUT2D eigenvalue weighted by Crippen LogP contribution is -2.00. The molecule has 0 radical (unpaired) electrons. The Bertz CT molecular complexity index is 522. The number of hydrogen-bond acceptors (Lipinski definition) is 2. The molecule has 0 bridgehead atoms. The van der Waals surface area contributed by atoms with Gasteiger partial charge in [-0.3, -0.25) is 0 Å². The van der Waals surface area contributed by atoms with E-state index in [1.54, 1.807) is 24.5 Å². The average Bonchev–Trinajstić information content (AvgIpc) is 2.70. The third kappa shape index (κ3) is 2.96. The monoisotopic (exact) mass is 298 g/mol. The van der Waals surface area contributed by atoms with Crippen molar-refractivity contribution in [3.05, 3.63) is 57.7 Å². The van der Waals surface area contributed by atoms with Crippen LogP contribution in [0.5, 0.6) is 0 Å². The Morgan fingerprint density at radius 3 is 2.76 bits per heavy atom. The summed E-state index contributed by atoms with van der Waals surface area (Å²) in [5.74, 6) is 0.460. The number of hydrogen-bond donors (Lipinski definition) is 1. The van der Waals surface area contributed by atoms with Gasteiger partial charge in [0.2, 0.25) is 0 Å². The minimum Gasteiger partial charge on any atom is -0.469 e. The maximum atomic E-state index is 13.0. The minimum atomic E-state index is -0.634. The zero-order valence-corrected chi connectivity index (χ0v) is 10.9. The lowest BCUT2D eigenvalue weighted by molar-refractivity contribution is 0.177. The molecule has 0 aliphatic rings. The molecule has 0 aliphatic carbocycles. The zero-order valence-electron chi connectivity index (χ0n) is 9.28. The summed E-state index contributed by atoms with van der Waals surface area (Å²) >= 11 is 3.12. The van der Waals surface area contributed by atoms with Gasteiger partial charge in [0.15, 0.2) is 0 Å². The first-order chi connectivity index (χ1) is 8.06. The molecule has 0 saturated carbocycles. The number of aliphatic hydroxyl groups is 1. The van der Waals surface area contributed by atoms with Crippen LogP contribution in [0.2, 0.25) is 0 Å². The molecule has 2 rings (SSSR count). The second kappa shape index (κ2) is 5.02. The van der Waals surface area contributed by atoms with Crippen LogP contribution in [0.1, 0.15) is 23.0 Å². The van der Waals surface area contributed by atoms with Crippen LogP contribution >= 0.6 is 15.9 Å². The third-order valence-corrected chi connectivity index (χ3v) is 3.16. The van der Waals surface area contributed by atoms with E-state index in [4.69, 9.17) is 4.42 Å². The smallest absolute Gasteiger partial charge is 0.137 e. The molecular formula is C13H12BrFO2. The van der Waals surface area contributed by atoms with Gasteiger partial charge in [-0.1, -0.05) is 6.07 Å². The van der Waals surface area contributed by atoms with E-state index >= 15 is 0 Å². The molecule has 0 amide bonds. The molecule has 1 aromatic carbocycles. The van der Waals surface area contributed by atoms with E-state index in [0.717, 1.165) is 16.9 Å². The third-order valence-electron chi connectivity index (χ3n) is 2.55. The van der Waals surface area contributed by atoms with Gasteiger partial charge in [0.25, 0.3) is 0 Å². The van der Waals surface area contributed by atoms with Crippen molar-refractivity contribution in [3.63, 3.8) is 0 Å². The SMILES string of the molecule is Cc1cc(C(O)Cc2ccc(F)c(Br)c2)co1. The van der Waals surface area contributed by atoms with Crippen LogP contribution in [-0.2, 0) is 6.42 Å². The second-order valence-corrected chi connectivity index (χ2v) is 4.81. The maximum Gasteiger partial charge on any atom is 0.137 e. The Kier molecular flexibility index (Phi) is 3.64. The molecule has 1 aromatic heterocycles. The number of rotatable bonds is 3. The van der Waals surface area contributed by atoms with Crippen molar-refractivity contribution in [2.24, 2.45) is 0 Å². The Morgan fingerprint density at radius 1 is 1.41 bits per heavy atom. The number of halogens is 2. The van der Waals surface area contributed by atoms with Gasteiger partial charge >= 0.3 is 0 Å². The first-order valence-electron chi connectivity index (χ1n) is 5.23. The van der Waals surface area contributed by atoms with E-state index < -0.39 is 6.10 Å². The van der Waals surface area contributed by atoms with E-state index in [1.807, 2.05) is 6.92 Å². The summed E-state index contributed by atoms with van der Waals surface area (Å²) in [6.45, 7) is 1.82. The molecule has 0 spiro atoms. The van der Waals surface area contributed by atoms with Crippen molar-refractivity contribution in [3.8, 4) is 0 Å². The Balaban J connectivity index is 2.12. The van der Waals surface area contributed by atoms with Gasteiger partial charge in [0.1, 0.15) is 11.6 Å². The maximum absolute atomic E-state index is 13.0. The lowest BCUT2D eigenvalue weighted by atomic mass is 10.0. The molecule has 17 heavy (non-hydrogen) atoms. The van der Waals surface area contributed by atoms with Crippen molar-refractivity contribution >= 4 is 15.9 Å². The van der Waals surface area contributed by atoms with E-state index in [0.29, 0.717) is 10.9 Å². The topological polar surface area (TPSA) is 33.4 Å². The lowest BCUT2D eigenvalue weighted by Gasteiger charge is -2.08. The molecule has 2 nitrogen and oxygen atoms in total. The quantitative estimate of drug-likeness (QED) is 0.936. The van der Waals surface area contributed by atoms with Gasteiger partial charge in [-0.15, -0.1) is 0 Å². The minimum absolute atomic E-state index is 0.303. The molecular weight excluding hydrogens is 287 g/mol. The Hall–Kier alpha value is -1.13. The highest BCUT2D eigenvalue weighted by molar-refractivity contribution is 9.10. The summed E-state index contributed by atoms with van der Waals surface area (Å²) < 4.78 is 18.6. The van der Waals surface area contributed by atoms with Crippen molar-refractivity contribution in [2.45, 2.75) is 19.4 Å². The van der Waals surface area contributed by atoms with E-state index in [9.17, 15) is 9.50 Å². The normalized spacial score (nSPS) is 12.7. The van der Waals surface area contributed by atoms with Crippen molar-refractivity contribution in [2.75, 3.05) is 0 Å². The van der Waals surface area contributed by atoms with Crippen LogP contribution < -0.4 is 0 Å². The highest BCUT2D eigenvalue weighted by Crippen LogP contribution is 2.23. The molecule has 0 saturated heterocycles. The van der Waals surface area contributed by atoms with Crippen LogP contribution in [0.15, 0.2) is 39.4 Å². The van der Waals surface area contributed by atoms with Crippen molar-refractivity contribution < 1.29 is 13.9 Å². The Labute approximate surface area is 107 Å². The summed E-state index contributed by atoms with van der Waals surface area (Å²) in [6, 6.07) is 6.51. The molecule has 0 fully saturated rings. The van der Waals surface area contributed by atoms with Crippen molar-refractivity contribution in [1.82, 2.24) is 0 Å². The molecule has 1 atom stereocenters. The van der Waals surface area contributed by atoms with Crippen LogP contribution in [0.3, 0.4) is 0 Å². The molecule has 90 valence electrons. The number of aryl methyl sites for hydroxylation is 1. The molecule has 0 aliphatic heterocycles. The van der Waals surface area contributed by atoms with Gasteiger partial charge < -0.3 is 9.52 Å². The highest BCUT2D eigenvalue weighted by Gasteiger charge is 2.12. The summed E-state index contributed by atoms with van der Waals surface area (Å²) in [4.78, 5) is 0. The molecule has 2 aromatic rings. The summed E-state index contributed by atoms with van der Waals surface area (Å²) in [5, 5.41) is 9.98. The first-order valence-corrected chi connectivity index (χ1v) is 6.02. The zero-order chi connectivity index (χ0) is 12.4. The van der Waals surface area contributed by atoms with Crippen LogP contribution in [0.25, 0.3) is 0 Å². The Morgan fingerprint density at radius 2 is 2.18 bits per heavy atom. The van der Waals surface area contributed by atoms with Gasteiger partial charge in [-0.2, -0.15) is 0 Å². The van der Waals surface area contributed by atoms with E-state index in [1.165, 1.54) is 6.07 Å². The molecule has 1 N–H and O–H groups in total. The average molecular weight is 299 g/mol. The van der Waals surface area contributed by atoms with Gasteiger partial charge in [0.05, 0.1) is 16.8 Å². The molecule has 1 heterocycles. The first kappa shape index (κ1) is 12.3. The fourth-order valence-corrected chi connectivity index (χ4v) is 2.07. The predicted octanol–water partition coefficient (Wildman–Crippen LogP) is 3.77. The number of furan rings is 1. The number of aliphatic hydroxyl groups excluding tert-OH is 1.